The molecule has 0 aliphatic heterocycles. The summed E-state index contributed by atoms with van der Waals surface area (Å²) >= 11 is 0. The van der Waals surface area contributed by atoms with Crippen LogP contribution in [0.2, 0.25) is 0 Å². The number of hydrogen-bond acceptors (Lipinski definition) is 5. The van der Waals surface area contributed by atoms with Crippen LogP contribution in [0.25, 0.3) is 0 Å². The highest BCUT2D eigenvalue weighted by Crippen LogP contribution is 2.11. The third-order valence-corrected chi connectivity index (χ3v) is 2.62. The zero-order valence-corrected chi connectivity index (χ0v) is 17.0. The molecule has 0 bridgehead atoms. The van der Waals surface area contributed by atoms with Crippen LogP contribution in [0.1, 0.15) is 48.5 Å². The summed E-state index contributed by atoms with van der Waals surface area (Å²) in [6, 6.07) is 1.94. The molecular weight excluding hydrogens is 330 g/mol. The minimum atomic E-state index is -0.719. The maximum Gasteiger partial charge on any atom is 0.359 e. The zero-order valence-electron chi connectivity index (χ0n) is 17.0. The van der Waals surface area contributed by atoms with E-state index in [0.717, 1.165) is 5.01 Å². The highest BCUT2D eigenvalue weighted by molar-refractivity contribution is 6.43. The summed E-state index contributed by atoms with van der Waals surface area (Å²) in [5.74, 6) is -0.719. The van der Waals surface area contributed by atoms with Crippen molar-refractivity contribution in [2.24, 2.45) is 5.10 Å². The van der Waals surface area contributed by atoms with Gasteiger partial charge < -0.3 is 4.74 Å². The largest absolute Gasteiger partial charge is 0.461 e. The molecule has 144 valence electrons. The van der Waals surface area contributed by atoms with Crippen molar-refractivity contribution in [2.45, 2.75) is 48.5 Å². The lowest BCUT2D eigenvalue weighted by atomic mass is 10.1. The second kappa shape index (κ2) is 18.4. The van der Waals surface area contributed by atoms with E-state index in [4.69, 9.17) is 10.00 Å². The number of carbonyl (C=O) groups excluding carboxylic acids is 2. The number of allylic oxidation sites excluding steroid dienone is 4. The number of rotatable bonds is 8. The minimum Gasteiger partial charge on any atom is -0.461 e. The van der Waals surface area contributed by atoms with E-state index in [9.17, 15) is 9.59 Å². The summed E-state index contributed by atoms with van der Waals surface area (Å²) in [5, 5.41) is 13.9. The van der Waals surface area contributed by atoms with Crippen LogP contribution in [0.15, 0.2) is 53.3 Å². The topological polar surface area (TPSA) is 82.8 Å². The number of nitriles is 1. The monoisotopic (exact) mass is 361 g/mol. The van der Waals surface area contributed by atoms with Crippen LogP contribution in [0.5, 0.6) is 0 Å². The van der Waals surface area contributed by atoms with Gasteiger partial charge in [0.1, 0.15) is 0 Å². The predicted molar refractivity (Wildman–Crippen MR) is 107 cm³/mol. The molecule has 6 nitrogen and oxygen atoms in total. The van der Waals surface area contributed by atoms with E-state index in [1.54, 1.807) is 20.8 Å². The summed E-state index contributed by atoms with van der Waals surface area (Å²) in [6.07, 6.45) is 4.77. The quantitative estimate of drug-likeness (QED) is 0.159. The van der Waals surface area contributed by atoms with Gasteiger partial charge in [0.25, 0.3) is 0 Å². The fraction of sp³-hybridized carbons (Fsp3) is 0.400. The molecule has 0 N–H and O–H groups in total. The number of carbonyl (C=O) groups is 2. The van der Waals surface area contributed by atoms with E-state index in [1.165, 1.54) is 18.2 Å². The SMILES string of the molecule is C=C/C=C(\C=C)N(C=O)/N=C(C(=O)OCC)\C(C)=C(/C)C#N.CC.CC. The Kier molecular flexibility index (Phi) is 19.7. The lowest BCUT2D eigenvalue weighted by molar-refractivity contribution is -0.135. The molecule has 0 heterocycles. The van der Waals surface area contributed by atoms with Crippen molar-refractivity contribution in [3.63, 3.8) is 0 Å². The van der Waals surface area contributed by atoms with Gasteiger partial charge >= 0.3 is 5.97 Å². The molecule has 0 aliphatic rings. The smallest absolute Gasteiger partial charge is 0.359 e. The van der Waals surface area contributed by atoms with Crippen LogP contribution in [0, 0.1) is 11.3 Å². The molecule has 6 heteroatoms. The molecule has 0 aromatic carbocycles. The summed E-state index contributed by atoms with van der Waals surface area (Å²) in [5.41, 5.74) is 0.833. The number of ether oxygens (including phenoxy) is 1. The first-order valence-electron chi connectivity index (χ1n) is 8.50. The summed E-state index contributed by atoms with van der Waals surface area (Å²) in [6.45, 7) is 20.0. The molecule has 0 unspecified atom stereocenters. The predicted octanol–water partition coefficient (Wildman–Crippen LogP) is 4.53. The Labute approximate surface area is 157 Å². The zero-order chi connectivity index (χ0) is 21.1. The van der Waals surface area contributed by atoms with Crippen LogP contribution in [-0.2, 0) is 14.3 Å². The molecule has 0 aromatic heterocycles. The highest BCUT2D eigenvalue weighted by atomic mass is 16.5. The van der Waals surface area contributed by atoms with Gasteiger partial charge in [-0.25, -0.2) is 9.80 Å². The van der Waals surface area contributed by atoms with Crippen molar-refractivity contribution < 1.29 is 14.3 Å². The van der Waals surface area contributed by atoms with Crippen LogP contribution < -0.4 is 0 Å². The Morgan fingerprint density at radius 2 is 1.77 bits per heavy atom. The van der Waals surface area contributed by atoms with Gasteiger partial charge in [0.2, 0.25) is 6.41 Å². The van der Waals surface area contributed by atoms with Crippen molar-refractivity contribution in [1.29, 1.82) is 5.26 Å². The molecule has 0 aromatic rings. The van der Waals surface area contributed by atoms with Gasteiger partial charge in [-0.05, 0) is 38.5 Å². The standard InChI is InChI=1S/C16H19N3O3.2C2H6/c1-6-9-14(7-2)19(11-20)18-15(16(21)22-8-3)13(5)12(4)10-17;2*1-2/h6-7,9,11H,1-2,8H2,3-5H3;2*1-2H3/b13-12+,14-9+,18-15+;;. The van der Waals surface area contributed by atoms with Crippen molar-refractivity contribution in [3.8, 4) is 6.07 Å². The fourth-order valence-corrected chi connectivity index (χ4v) is 1.34. The fourth-order valence-electron chi connectivity index (χ4n) is 1.34. The number of esters is 1. The van der Waals surface area contributed by atoms with Crippen LogP contribution >= 0.6 is 0 Å². The van der Waals surface area contributed by atoms with Crippen molar-refractivity contribution in [3.05, 3.63) is 48.2 Å². The van der Waals surface area contributed by atoms with Gasteiger partial charge in [-0.3, -0.25) is 4.79 Å². The van der Waals surface area contributed by atoms with Gasteiger partial charge in [-0.15, -0.1) is 0 Å². The van der Waals surface area contributed by atoms with Crippen LogP contribution in [0.4, 0.5) is 0 Å². The van der Waals surface area contributed by atoms with Gasteiger partial charge in [0.15, 0.2) is 5.71 Å². The number of amides is 1. The Hall–Kier alpha value is -2.94. The van der Waals surface area contributed by atoms with Gasteiger partial charge in [0.05, 0.1) is 18.4 Å². The average Bonchev–Trinajstić information content (AvgIpc) is 2.69. The summed E-state index contributed by atoms with van der Waals surface area (Å²) in [4.78, 5) is 23.2. The molecule has 0 radical (unpaired) electrons. The van der Waals surface area contributed by atoms with Gasteiger partial charge in [-0.1, -0.05) is 46.9 Å². The van der Waals surface area contributed by atoms with Crippen LogP contribution in [0.3, 0.4) is 0 Å². The van der Waals surface area contributed by atoms with E-state index in [2.05, 4.69) is 18.3 Å². The third-order valence-electron chi connectivity index (χ3n) is 2.62. The van der Waals surface area contributed by atoms with E-state index in [0.29, 0.717) is 23.3 Å². The van der Waals surface area contributed by atoms with E-state index >= 15 is 0 Å². The first kappa shape index (κ1) is 27.9. The van der Waals surface area contributed by atoms with Crippen molar-refractivity contribution in [1.82, 2.24) is 5.01 Å². The Balaban J connectivity index is -0.00000123. The molecular formula is C20H31N3O3. The maximum atomic E-state index is 12.0. The Morgan fingerprint density at radius 1 is 1.23 bits per heavy atom. The summed E-state index contributed by atoms with van der Waals surface area (Å²) in [7, 11) is 0. The molecule has 0 atom stereocenters. The molecule has 0 saturated heterocycles. The molecule has 0 rings (SSSR count). The summed E-state index contributed by atoms with van der Waals surface area (Å²) < 4.78 is 4.92. The normalized spacial score (nSPS) is 11.2. The molecule has 0 aliphatic carbocycles. The maximum absolute atomic E-state index is 12.0. The highest BCUT2D eigenvalue weighted by Gasteiger charge is 2.19. The molecule has 1 amide bonds. The van der Waals surface area contributed by atoms with E-state index in [-0.39, 0.29) is 12.3 Å². The Bertz CT molecular complexity index is 594. The number of hydrazone groups is 1. The lowest BCUT2D eigenvalue weighted by Gasteiger charge is -2.15. The van der Waals surface area contributed by atoms with Crippen molar-refractivity contribution >= 4 is 18.1 Å². The molecule has 0 saturated carbocycles. The number of hydrogen-bond donors (Lipinski definition) is 0. The van der Waals surface area contributed by atoms with E-state index in [1.807, 2.05) is 33.8 Å². The van der Waals surface area contributed by atoms with Crippen molar-refractivity contribution in [2.75, 3.05) is 6.61 Å². The second-order valence-corrected chi connectivity index (χ2v) is 4.01. The number of nitrogens with zero attached hydrogens (tertiary/aromatic N) is 3. The van der Waals surface area contributed by atoms with E-state index < -0.39 is 5.97 Å². The third kappa shape index (κ3) is 10.0. The average molecular weight is 361 g/mol. The molecule has 26 heavy (non-hydrogen) atoms. The second-order valence-electron chi connectivity index (χ2n) is 4.01. The minimum absolute atomic E-state index is 0.121. The first-order valence-corrected chi connectivity index (χ1v) is 8.50. The van der Waals surface area contributed by atoms with Gasteiger partial charge in [-0.2, -0.15) is 10.4 Å². The van der Waals surface area contributed by atoms with Gasteiger partial charge in [0, 0.05) is 5.57 Å². The first-order chi connectivity index (χ1) is 12.5. The van der Waals surface area contributed by atoms with Crippen LogP contribution in [-0.4, -0.2) is 29.7 Å². The lowest BCUT2D eigenvalue weighted by Crippen LogP contribution is -2.25. The molecule has 0 fully saturated rings. The molecule has 0 spiro atoms. The Morgan fingerprint density at radius 3 is 2.12 bits per heavy atom.